The Kier molecular flexibility index (Phi) is 4.27. The fourth-order valence-electron chi connectivity index (χ4n) is 2.09. The number of thiazole rings is 1. The molecule has 0 bridgehead atoms. The largest absolute Gasteiger partial charge is 0.369 e. The van der Waals surface area contributed by atoms with Crippen LogP contribution in [0.15, 0.2) is 28.7 Å². The smallest absolute Gasteiger partial charge is 0.123 e. The lowest BCUT2D eigenvalue weighted by Crippen LogP contribution is -2.15. The van der Waals surface area contributed by atoms with Gasteiger partial charge < -0.3 is 4.74 Å². The van der Waals surface area contributed by atoms with Crippen LogP contribution >= 0.6 is 39.0 Å². The van der Waals surface area contributed by atoms with Crippen molar-refractivity contribution in [2.75, 3.05) is 18.1 Å². The molecule has 2 heterocycles. The first-order valence-corrected chi connectivity index (χ1v) is 8.93. The molecule has 1 aromatic carbocycles. The minimum Gasteiger partial charge on any atom is -0.369 e. The van der Waals surface area contributed by atoms with Gasteiger partial charge in [-0.1, -0.05) is 28.1 Å². The minimum atomic E-state index is 0.170. The molecule has 2 aromatic rings. The van der Waals surface area contributed by atoms with Crippen molar-refractivity contribution in [3.8, 4) is 11.3 Å². The quantitative estimate of drug-likeness (QED) is 0.780. The maximum Gasteiger partial charge on any atom is 0.123 e. The lowest BCUT2D eigenvalue weighted by atomic mass is 10.1. The summed E-state index contributed by atoms with van der Waals surface area (Å²) in [6.45, 7) is 2.97. The summed E-state index contributed by atoms with van der Waals surface area (Å²) in [5, 5.41) is 1.11. The van der Waals surface area contributed by atoms with Crippen LogP contribution in [0.1, 0.15) is 16.0 Å². The lowest BCUT2D eigenvalue weighted by Gasteiger charge is -2.19. The molecule has 0 amide bonds. The highest BCUT2D eigenvalue weighted by molar-refractivity contribution is 9.10. The van der Waals surface area contributed by atoms with E-state index in [2.05, 4.69) is 35.0 Å². The average Bonchev–Trinajstić information content (AvgIpc) is 2.82. The normalized spacial score (nSPS) is 19.6. The van der Waals surface area contributed by atoms with Crippen molar-refractivity contribution >= 4 is 39.0 Å². The average molecular weight is 356 g/mol. The molecule has 5 heteroatoms. The number of aromatic nitrogens is 1. The Morgan fingerprint density at radius 1 is 1.42 bits per heavy atom. The fourth-order valence-corrected chi connectivity index (χ4v) is 4.44. The van der Waals surface area contributed by atoms with Crippen LogP contribution in [0.2, 0.25) is 0 Å². The van der Waals surface area contributed by atoms with E-state index in [1.807, 2.05) is 23.9 Å². The molecule has 1 unspecified atom stereocenters. The van der Waals surface area contributed by atoms with E-state index in [0.717, 1.165) is 38.9 Å². The maximum atomic E-state index is 5.81. The topological polar surface area (TPSA) is 22.1 Å². The molecular weight excluding hydrogens is 342 g/mol. The molecule has 1 fully saturated rings. The molecule has 0 saturated carbocycles. The monoisotopic (exact) mass is 355 g/mol. The number of nitrogens with zero attached hydrogens (tertiary/aromatic N) is 1. The summed E-state index contributed by atoms with van der Waals surface area (Å²) >= 11 is 7.22. The number of benzene rings is 1. The van der Waals surface area contributed by atoms with Crippen molar-refractivity contribution in [2.45, 2.75) is 13.0 Å². The molecule has 3 rings (SSSR count). The number of thioether (sulfide) groups is 1. The van der Waals surface area contributed by atoms with Gasteiger partial charge in [-0.3, -0.25) is 0 Å². The first-order valence-electron chi connectivity index (χ1n) is 6.16. The van der Waals surface area contributed by atoms with Crippen molar-refractivity contribution in [2.24, 2.45) is 0 Å². The minimum absolute atomic E-state index is 0.170. The van der Waals surface area contributed by atoms with Crippen molar-refractivity contribution in [1.29, 1.82) is 0 Å². The van der Waals surface area contributed by atoms with Gasteiger partial charge in [0.25, 0.3) is 0 Å². The van der Waals surface area contributed by atoms with Gasteiger partial charge in [0.15, 0.2) is 0 Å². The third kappa shape index (κ3) is 3.05. The van der Waals surface area contributed by atoms with E-state index in [4.69, 9.17) is 9.72 Å². The van der Waals surface area contributed by atoms with Gasteiger partial charge in [0, 0.05) is 26.4 Å². The van der Waals surface area contributed by atoms with E-state index in [1.165, 1.54) is 4.88 Å². The molecule has 2 nitrogen and oxygen atoms in total. The Balaban J connectivity index is 1.92. The van der Waals surface area contributed by atoms with E-state index < -0.39 is 0 Å². The fraction of sp³-hybridized carbons (Fsp3) is 0.357. The molecule has 1 aliphatic heterocycles. The molecule has 19 heavy (non-hydrogen) atoms. The molecule has 0 radical (unpaired) electrons. The van der Waals surface area contributed by atoms with Gasteiger partial charge in [-0.2, -0.15) is 11.8 Å². The van der Waals surface area contributed by atoms with E-state index in [-0.39, 0.29) is 6.10 Å². The Morgan fingerprint density at radius 2 is 2.32 bits per heavy atom. The second kappa shape index (κ2) is 5.95. The van der Waals surface area contributed by atoms with Gasteiger partial charge in [0.05, 0.1) is 12.3 Å². The van der Waals surface area contributed by atoms with Crippen molar-refractivity contribution in [3.63, 3.8) is 0 Å². The molecule has 1 aromatic heterocycles. The molecule has 0 aliphatic carbocycles. The summed E-state index contributed by atoms with van der Waals surface area (Å²) in [5.41, 5.74) is 2.25. The van der Waals surface area contributed by atoms with Gasteiger partial charge in [-0.15, -0.1) is 11.3 Å². The van der Waals surface area contributed by atoms with Crippen LogP contribution in [0.3, 0.4) is 0 Å². The number of ether oxygens (including phenoxy) is 1. The zero-order valence-corrected chi connectivity index (χ0v) is 13.8. The maximum absolute atomic E-state index is 5.81. The van der Waals surface area contributed by atoms with Crippen LogP contribution < -0.4 is 0 Å². The summed E-state index contributed by atoms with van der Waals surface area (Å²) in [7, 11) is 0. The van der Waals surface area contributed by atoms with Crippen LogP contribution in [-0.2, 0) is 4.74 Å². The summed E-state index contributed by atoms with van der Waals surface area (Å²) < 4.78 is 6.90. The van der Waals surface area contributed by atoms with E-state index in [0.29, 0.717) is 0 Å². The van der Waals surface area contributed by atoms with Gasteiger partial charge in [-0.05, 0) is 19.1 Å². The molecule has 1 aliphatic rings. The summed E-state index contributed by atoms with van der Waals surface area (Å²) in [4.78, 5) is 6.06. The highest BCUT2D eigenvalue weighted by Crippen LogP contribution is 2.35. The number of hydrogen-bond donors (Lipinski definition) is 0. The zero-order chi connectivity index (χ0) is 13.2. The van der Waals surface area contributed by atoms with E-state index >= 15 is 0 Å². The molecular formula is C14H14BrNOS2. The van der Waals surface area contributed by atoms with Crippen LogP contribution in [0.25, 0.3) is 11.3 Å². The highest BCUT2D eigenvalue weighted by atomic mass is 79.9. The van der Waals surface area contributed by atoms with Crippen LogP contribution in [0, 0.1) is 6.92 Å². The van der Waals surface area contributed by atoms with Crippen LogP contribution in [0.4, 0.5) is 0 Å². The second-order valence-electron chi connectivity index (χ2n) is 4.40. The number of aryl methyl sites for hydroxylation is 1. The molecule has 100 valence electrons. The third-order valence-electron chi connectivity index (χ3n) is 3.00. The molecule has 1 saturated heterocycles. The predicted octanol–water partition coefficient (Wildman–Crippen LogP) is 4.69. The SMILES string of the molecule is Cc1sc(C2CSCCO2)nc1-c1cccc(Br)c1. The van der Waals surface area contributed by atoms with Gasteiger partial charge in [0.2, 0.25) is 0 Å². The van der Waals surface area contributed by atoms with Gasteiger partial charge in [0.1, 0.15) is 11.1 Å². The van der Waals surface area contributed by atoms with Gasteiger partial charge in [-0.25, -0.2) is 4.98 Å². The Labute approximate surface area is 129 Å². The van der Waals surface area contributed by atoms with E-state index in [1.54, 1.807) is 11.3 Å². The molecule has 0 N–H and O–H groups in total. The first-order chi connectivity index (χ1) is 9.24. The van der Waals surface area contributed by atoms with Crippen molar-refractivity contribution in [1.82, 2.24) is 4.98 Å². The van der Waals surface area contributed by atoms with Crippen molar-refractivity contribution in [3.05, 3.63) is 38.6 Å². The molecule has 0 spiro atoms. The highest BCUT2D eigenvalue weighted by Gasteiger charge is 2.21. The van der Waals surface area contributed by atoms with Crippen molar-refractivity contribution < 1.29 is 4.74 Å². The second-order valence-corrected chi connectivity index (χ2v) is 7.70. The first kappa shape index (κ1) is 13.6. The summed E-state index contributed by atoms with van der Waals surface area (Å²) in [6, 6.07) is 8.30. The number of hydrogen-bond acceptors (Lipinski definition) is 4. The van der Waals surface area contributed by atoms with Crippen LogP contribution in [0.5, 0.6) is 0 Å². The zero-order valence-electron chi connectivity index (χ0n) is 10.6. The number of rotatable bonds is 2. The molecule has 1 atom stereocenters. The summed E-state index contributed by atoms with van der Waals surface area (Å²) in [6.07, 6.45) is 0.170. The van der Waals surface area contributed by atoms with Gasteiger partial charge >= 0.3 is 0 Å². The standard InChI is InChI=1S/C14H14BrNOS2/c1-9-13(10-3-2-4-11(15)7-10)16-14(19-9)12-8-18-6-5-17-12/h2-4,7,12H,5-6,8H2,1H3. The number of halogens is 1. The predicted molar refractivity (Wildman–Crippen MR) is 86.0 cm³/mol. The van der Waals surface area contributed by atoms with Crippen LogP contribution in [-0.4, -0.2) is 23.1 Å². The van der Waals surface area contributed by atoms with E-state index in [9.17, 15) is 0 Å². The Hall–Kier alpha value is -0.360. The Morgan fingerprint density at radius 3 is 3.05 bits per heavy atom. The third-order valence-corrected chi connectivity index (χ3v) is 5.55. The Bertz CT molecular complexity index is 579. The summed E-state index contributed by atoms with van der Waals surface area (Å²) in [5.74, 6) is 2.12. The lowest BCUT2D eigenvalue weighted by molar-refractivity contribution is 0.0756.